The minimum atomic E-state index is -4.75. The molecule has 1 aliphatic heterocycles. The van der Waals surface area contributed by atoms with Crippen LogP contribution in [0.4, 0.5) is 38.3 Å². The number of halogens is 6. The topological polar surface area (TPSA) is 65.5 Å². The Kier molecular flexibility index (Phi) is 5.61. The maximum Gasteiger partial charge on any atom is 0.417 e. The normalized spacial score (nSPS) is 16.3. The van der Waals surface area contributed by atoms with Gasteiger partial charge in [0, 0.05) is 19.0 Å². The molecule has 0 unspecified atom stereocenters. The summed E-state index contributed by atoms with van der Waals surface area (Å²) in [5.41, 5.74) is -1.43. The molecule has 1 saturated heterocycles. The van der Waals surface area contributed by atoms with Crippen LogP contribution in [-0.4, -0.2) is 36.6 Å². The van der Waals surface area contributed by atoms with Crippen LogP contribution in [0.25, 0.3) is 10.9 Å². The number of anilines is 2. The first-order valence-electron chi connectivity index (χ1n) is 9.46. The molecule has 1 aromatic heterocycles. The molecule has 0 saturated carbocycles. The Morgan fingerprint density at radius 1 is 1.21 bits per heavy atom. The molecule has 2 heterocycles. The molecule has 1 N–H and O–H groups in total. The molecule has 0 spiro atoms. The van der Waals surface area contributed by atoms with E-state index in [2.05, 4.69) is 10.3 Å². The van der Waals surface area contributed by atoms with E-state index in [1.165, 1.54) is 31.3 Å². The summed E-state index contributed by atoms with van der Waals surface area (Å²) in [7, 11) is 1.17. The number of aromatic nitrogens is 1. The van der Waals surface area contributed by atoms with Gasteiger partial charge in [0.05, 0.1) is 16.8 Å². The van der Waals surface area contributed by atoms with Crippen LogP contribution in [0.2, 0.25) is 5.02 Å². The second-order valence-corrected chi connectivity index (χ2v) is 7.58. The number of hydrogen-bond donors (Lipinski definition) is 1. The average molecular weight is 485 g/mol. The fraction of sp³-hybridized carbons (Fsp3) is 0.190. The predicted molar refractivity (Wildman–Crippen MR) is 111 cm³/mol. The lowest BCUT2D eigenvalue weighted by atomic mass is 10.1. The van der Waals surface area contributed by atoms with Crippen molar-refractivity contribution in [1.82, 2.24) is 10.3 Å². The van der Waals surface area contributed by atoms with Crippen LogP contribution in [0.5, 0.6) is 0 Å². The Hall–Kier alpha value is -3.47. The standard InChI is InChI=1S/C21H14ClF5N4O2/c1-30(14-7-6-12(23)17(22)18(14)24)19(32)15-9-28-20(33)31(15)16-8-11(21(25,26)27)10-4-2-3-5-13(10)29-16/h2-8,15H,9H2,1H3,(H,28,33)/t15-/m0/s1. The van der Waals surface area contributed by atoms with Crippen LogP contribution in [-0.2, 0) is 11.0 Å². The number of fused-ring (bicyclic) bond motifs is 1. The third-order valence-electron chi connectivity index (χ3n) is 5.22. The van der Waals surface area contributed by atoms with Crippen molar-refractivity contribution in [2.45, 2.75) is 12.2 Å². The van der Waals surface area contributed by atoms with Gasteiger partial charge in [-0.15, -0.1) is 0 Å². The van der Waals surface area contributed by atoms with Gasteiger partial charge in [0.15, 0.2) is 5.82 Å². The van der Waals surface area contributed by atoms with E-state index in [9.17, 15) is 31.5 Å². The Morgan fingerprint density at radius 2 is 1.91 bits per heavy atom. The van der Waals surface area contributed by atoms with Gasteiger partial charge in [-0.3, -0.25) is 9.69 Å². The van der Waals surface area contributed by atoms with E-state index in [0.29, 0.717) is 6.07 Å². The molecule has 1 atom stereocenters. The highest BCUT2D eigenvalue weighted by Crippen LogP contribution is 2.37. The minimum Gasteiger partial charge on any atom is -0.335 e. The Labute approximate surface area is 188 Å². The number of nitrogens with one attached hydrogen (secondary N) is 1. The minimum absolute atomic E-state index is 0.0297. The zero-order chi connectivity index (χ0) is 24.1. The van der Waals surface area contributed by atoms with Crippen molar-refractivity contribution in [1.29, 1.82) is 0 Å². The van der Waals surface area contributed by atoms with Gasteiger partial charge in [0.1, 0.15) is 22.7 Å². The van der Waals surface area contributed by atoms with Crippen LogP contribution < -0.4 is 15.1 Å². The van der Waals surface area contributed by atoms with E-state index in [0.717, 1.165) is 21.9 Å². The van der Waals surface area contributed by atoms with E-state index in [1.54, 1.807) is 0 Å². The van der Waals surface area contributed by atoms with Gasteiger partial charge in [-0.05, 0) is 24.3 Å². The number of benzene rings is 2. The first-order valence-corrected chi connectivity index (χ1v) is 9.83. The molecule has 4 rings (SSSR count). The van der Waals surface area contributed by atoms with Gasteiger partial charge in [-0.2, -0.15) is 13.2 Å². The van der Waals surface area contributed by atoms with Crippen molar-refractivity contribution in [3.63, 3.8) is 0 Å². The highest BCUT2D eigenvalue weighted by molar-refractivity contribution is 6.31. The molecule has 172 valence electrons. The lowest BCUT2D eigenvalue weighted by molar-refractivity contribution is -0.136. The molecule has 2 aromatic carbocycles. The molecular weight excluding hydrogens is 471 g/mol. The number of alkyl halides is 3. The van der Waals surface area contributed by atoms with Gasteiger partial charge >= 0.3 is 12.2 Å². The summed E-state index contributed by atoms with van der Waals surface area (Å²) in [6, 6.07) is 5.84. The number of carbonyl (C=O) groups is 2. The summed E-state index contributed by atoms with van der Waals surface area (Å²) >= 11 is 5.57. The number of pyridine rings is 1. The summed E-state index contributed by atoms with van der Waals surface area (Å²) in [4.78, 5) is 31.3. The summed E-state index contributed by atoms with van der Waals surface area (Å²) in [6.07, 6.45) is -4.75. The van der Waals surface area contributed by atoms with E-state index in [-0.39, 0.29) is 23.1 Å². The first-order chi connectivity index (χ1) is 15.5. The number of likely N-dealkylation sites (N-methyl/N-ethyl adjacent to an activating group) is 1. The third-order valence-corrected chi connectivity index (χ3v) is 5.57. The smallest absolute Gasteiger partial charge is 0.335 e. The first kappa shape index (κ1) is 22.7. The van der Waals surface area contributed by atoms with Crippen LogP contribution in [0.1, 0.15) is 5.56 Å². The highest BCUT2D eigenvalue weighted by atomic mass is 35.5. The van der Waals surface area contributed by atoms with Crippen LogP contribution >= 0.6 is 11.6 Å². The fourth-order valence-electron chi connectivity index (χ4n) is 3.60. The van der Waals surface area contributed by atoms with Crippen molar-refractivity contribution in [3.05, 3.63) is 64.7 Å². The predicted octanol–water partition coefficient (Wildman–Crippen LogP) is 4.75. The van der Waals surface area contributed by atoms with Crippen LogP contribution in [0.15, 0.2) is 42.5 Å². The van der Waals surface area contributed by atoms with Gasteiger partial charge in [-0.25, -0.2) is 18.6 Å². The molecule has 3 aromatic rings. The van der Waals surface area contributed by atoms with E-state index in [4.69, 9.17) is 11.6 Å². The van der Waals surface area contributed by atoms with Crippen molar-refractivity contribution >= 4 is 45.9 Å². The summed E-state index contributed by atoms with van der Waals surface area (Å²) in [5, 5.41) is 1.39. The number of amides is 3. The van der Waals surface area contributed by atoms with Gasteiger partial charge in [0.2, 0.25) is 0 Å². The molecule has 6 nitrogen and oxygen atoms in total. The average Bonchev–Trinajstić information content (AvgIpc) is 3.16. The Bertz CT molecular complexity index is 1280. The Balaban J connectivity index is 1.77. The number of carbonyl (C=O) groups excluding carboxylic acids is 2. The molecule has 0 bridgehead atoms. The van der Waals surface area contributed by atoms with E-state index in [1.807, 2.05) is 0 Å². The number of para-hydroxylation sites is 1. The largest absolute Gasteiger partial charge is 0.417 e. The third kappa shape index (κ3) is 3.92. The quantitative estimate of drug-likeness (QED) is 0.431. The summed E-state index contributed by atoms with van der Waals surface area (Å²) in [5.74, 6) is -3.48. The summed E-state index contributed by atoms with van der Waals surface area (Å²) < 4.78 is 69.0. The SMILES string of the molecule is CN(C(=O)[C@@H]1CNC(=O)N1c1cc(C(F)(F)F)c2ccccc2n1)c1ccc(F)c(Cl)c1F. The summed E-state index contributed by atoms with van der Waals surface area (Å²) in [6.45, 7) is -0.269. The molecule has 12 heteroatoms. The van der Waals surface area contributed by atoms with Crippen molar-refractivity contribution in [2.24, 2.45) is 0 Å². The maximum absolute atomic E-state index is 14.4. The van der Waals surface area contributed by atoms with Crippen molar-refractivity contribution < 1.29 is 31.5 Å². The lowest BCUT2D eigenvalue weighted by Crippen LogP contribution is -2.47. The zero-order valence-corrected chi connectivity index (χ0v) is 17.5. The van der Waals surface area contributed by atoms with Gasteiger partial charge in [-0.1, -0.05) is 29.8 Å². The zero-order valence-electron chi connectivity index (χ0n) is 16.8. The van der Waals surface area contributed by atoms with Gasteiger partial charge in [0.25, 0.3) is 5.91 Å². The molecule has 0 radical (unpaired) electrons. The second kappa shape index (κ2) is 8.14. The second-order valence-electron chi connectivity index (χ2n) is 7.21. The Morgan fingerprint density at radius 3 is 2.61 bits per heavy atom. The molecule has 1 aliphatic rings. The highest BCUT2D eigenvalue weighted by Gasteiger charge is 2.42. The van der Waals surface area contributed by atoms with Crippen LogP contribution in [0.3, 0.4) is 0 Å². The molecule has 33 heavy (non-hydrogen) atoms. The van der Waals surface area contributed by atoms with E-state index >= 15 is 0 Å². The monoisotopic (exact) mass is 484 g/mol. The van der Waals surface area contributed by atoms with E-state index < -0.39 is 52.2 Å². The molecule has 0 aliphatic carbocycles. The molecule has 1 fully saturated rings. The number of hydrogen-bond acceptors (Lipinski definition) is 3. The van der Waals surface area contributed by atoms with Crippen molar-refractivity contribution in [2.75, 3.05) is 23.4 Å². The number of rotatable bonds is 3. The lowest BCUT2D eigenvalue weighted by Gasteiger charge is -2.27. The number of nitrogens with zero attached hydrogens (tertiary/aromatic N) is 3. The molecule has 3 amide bonds. The van der Waals surface area contributed by atoms with Crippen LogP contribution in [0, 0.1) is 11.6 Å². The fourth-order valence-corrected chi connectivity index (χ4v) is 3.76. The maximum atomic E-state index is 14.4. The van der Waals surface area contributed by atoms with Gasteiger partial charge < -0.3 is 10.2 Å². The molecular formula is C21H14ClF5N4O2. The number of urea groups is 1. The van der Waals surface area contributed by atoms with Crippen molar-refractivity contribution in [3.8, 4) is 0 Å².